The SMILES string of the molecule is Cc1ccc(S(=O)(=O)Nc2nc(C)c(NC(=O)Oc3ccccc3)s2)cc1. The molecule has 0 aliphatic carbocycles. The Balaban J connectivity index is 1.70. The molecule has 1 amide bonds. The Morgan fingerprint density at radius 3 is 2.37 bits per heavy atom. The van der Waals surface area contributed by atoms with Crippen LogP contribution in [-0.4, -0.2) is 19.5 Å². The lowest BCUT2D eigenvalue weighted by atomic mass is 10.2. The molecule has 0 atom stereocenters. The van der Waals surface area contributed by atoms with Gasteiger partial charge in [-0.1, -0.05) is 47.2 Å². The third kappa shape index (κ3) is 4.83. The summed E-state index contributed by atoms with van der Waals surface area (Å²) in [6.45, 7) is 3.54. The molecule has 27 heavy (non-hydrogen) atoms. The van der Waals surface area contributed by atoms with Gasteiger partial charge >= 0.3 is 6.09 Å². The number of nitrogens with zero attached hydrogens (tertiary/aromatic N) is 1. The molecule has 3 rings (SSSR count). The van der Waals surface area contributed by atoms with Crippen molar-refractivity contribution < 1.29 is 17.9 Å². The van der Waals surface area contributed by atoms with Crippen molar-refractivity contribution in [2.24, 2.45) is 0 Å². The number of benzene rings is 2. The van der Waals surface area contributed by atoms with Gasteiger partial charge in [-0.05, 0) is 38.1 Å². The van der Waals surface area contributed by atoms with E-state index in [9.17, 15) is 13.2 Å². The third-order valence-electron chi connectivity index (χ3n) is 3.52. The van der Waals surface area contributed by atoms with Gasteiger partial charge in [0.05, 0.1) is 10.6 Å². The monoisotopic (exact) mass is 403 g/mol. The summed E-state index contributed by atoms with van der Waals surface area (Å²) in [5.41, 5.74) is 1.44. The van der Waals surface area contributed by atoms with Crippen LogP contribution in [-0.2, 0) is 10.0 Å². The molecule has 140 valence electrons. The maximum absolute atomic E-state index is 12.4. The van der Waals surface area contributed by atoms with Gasteiger partial charge in [0.25, 0.3) is 10.0 Å². The van der Waals surface area contributed by atoms with Gasteiger partial charge in [0.1, 0.15) is 10.8 Å². The molecule has 0 saturated heterocycles. The number of carbonyl (C=O) groups excluding carboxylic acids is 1. The van der Waals surface area contributed by atoms with E-state index in [4.69, 9.17) is 4.74 Å². The highest BCUT2D eigenvalue weighted by Crippen LogP contribution is 2.29. The molecule has 2 aromatic carbocycles. The fraction of sp³-hybridized carbons (Fsp3) is 0.111. The molecular weight excluding hydrogens is 386 g/mol. The second-order valence-corrected chi connectivity index (χ2v) is 8.36. The van der Waals surface area contributed by atoms with Gasteiger partial charge in [-0.3, -0.25) is 10.0 Å². The minimum atomic E-state index is -3.76. The minimum absolute atomic E-state index is 0.138. The Morgan fingerprint density at radius 2 is 1.70 bits per heavy atom. The zero-order valence-electron chi connectivity index (χ0n) is 14.6. The number of nitrogens with one attached hydrogen (secondary N) is 2. The number of hydrogen-bond donors (Lipinski definition) is 2. The average Bonchev–Trinajstić information content (AvgIpc) is 2.94. The van der Waals surface area contributed by atoms with E-state index in [0.717, 1.165) is 16.9 Å². The summed E-state index contributed by atoms with van der Waals surface area (Å²) in [5, 5.41) is 3.13. The highest BCUT2D eigenvalue weighted by Gasteiger charge is 2.18. The molecule has 0 spiro atoms. The van der Waals surface area contributed by atoms with Crippen LogP contribution in [0.4, 0.5) is 14.9 Å². The first kappa shape index (κ1) is 18.9. The van der Waals surface area contributed by atoms with Gasteiger partial charge in [-0.2, -0.15) is 0 Å². The number of rotatable bonds is 5. The molecule has 0 unspecified atom stereocenters. The van der Waals surface area contributed by atoms with Crippen molar-refractivity contribution in [3.05, 3.63) is 65.9 Å². The number of aromatic nitrogens is 1. The highest BCUT2D eigenvalue weighted by molar-refractivity contribution is 7.93. The first-order chi connectivity index (χ1) is 12.8. The van der Waals surface area contributed by atoms with Crippen LogP contribution in [0.3, 0.4) is 0 Å². The first-order valence-corrected chi connectivity index (χ1v) is 10.2. The Bertz CT molecular complexity index is 1050. The average molecular weight is 403 g/mol. The van der Waals surface area contributed by atoms with E-state index in [0.29, 0.717) is 16.4 Å². The standard InChI is InChI=1S/C18H17N3O4S2/c1-12-8-10-15(11-9-12)27(23,24)21-17-19-13(2)16(26-17)20-18(22)25-14-6-4-3-5-7-14/h3-11H,1-2H3,(H,19,21)(H,20,22). The summed E-state index contributed by atoms with van der Waals surface area (Å²) in [6, 6.07) is 15.1. The quantitative estimate of drug-likeness (QED) is 0.666. The van der Waals surface area contributed by atoms with Crippen LogP contribution in [0.5, 0.6) is 5.75 Å². The summed E-state index contributed by atoms with van der Waals surface area (Å²) in [4.78, 5) is 16.3. The summed E-state index contributed by atoms with van der Waals surface area (Å²) >= 11 is 1.01. The predicted molar refractivity (Wildman–Crippen MR) is 105 cm³/mol. The van der Waals surface area contributed by atoms with E-state index >= 15 is 0 Å². The Hall–Kier alpha value is -2.91. The van der Waals surface area contributed by atoms with Crippen molar-refractivity contribution in [3.63, 3.8) is 0 Å². The molecular formula is C18H17N3O4S2. The van der Waals surface area contributed by atoms with E-state index in [-0.39, 0.29) is 10.0 Å². The number of aryl methyl sites for hydroxylation is 2. The fourth-order valence-corrected chi connectivity index (χ4v) is 4.25. The summed E-state index contributed by atoms with van der Waals surface area (Å²) in [7, 11) is -3.76. The van der Waals surface area contributed by atoms with E-state index in [2.05, 4.69) is 15.0 Å². The van der Waals surface area contributed by atoms with Crippen LogP contribution in [0.15, 0.2) is 59.5 Å². The van der Waals surface area contributed by atoms with Crippen molar-refractivity contribution in [1.29, 1.82) is 0 Å². The van der Waals surface area contributed by atoms with E-state index in [1.54, 1.807) is 43.3 Å². The van der Waals surface area contributed by atoms with Crippen LogP contribution in [0.1, 0.15) is 11.3 Å². The number of para-hydroxylation sites is 1. The third-order valence-corrected chi connectivity index (χ3v) is 5.99. The van der Waals surface area contributed by atoms with Crippen molar-refractivity contribution >= 4 is 37.6 Å². The molecule has 3 aromatic rings. The predicted octanol–water partition coefficient (Wildman–Crippen LogP) is 4.17. The van der Waals surface area contributed by atoms with Gasteiger partial charge in [0.15, 0.2) is 5.13 Å². The number of ether oxygens (including phenoxy) is 1. The van der Waals surface area contributed by atoms with Crippen LogP contribution in [0.25, 0.3) is 0 Å². The van der Waals surface area contributed by atoms with Crippen molar-refractivity contribution in [1.82, 2.24) is 4.98 Å². The summed E-state index contributed by atoms with van der Waals surface area (Å²) in [5.74, 6) is 0.400. The van der Waals surface area contributed by atoms with Crippen LogP contribution in [0.2, 0.25) is 0 Å². The smallest absolute Gasteiger partial charge is 0.410 e. The number of amides is 1. The lowest BCUT2D eigenvalue weighted by molar-refractivity contribution is 0.215. The van der Waals surface area contributed by atoms with Crippen LogP contribution >= 0.6 is 11.3 Å². The molecule has 1 aromatic heterocycles. The van der Waals surface area contributed by atoms with Crippen molar-refractivity contribution in [3.8, 4) is 5.75 Å². The molecule has 2 N–H and O–H groups in total. The lowest BCUT2D eigenvalue weighted by Crippen LogP contribution is -2.16. The number of anilines is 2. The molecule has 0 bridgehead atoms. The Kier molecular flexibility index (Phi) is 5.43. The Morgan fingerprint density at radius 1 is 1.04 bits per heavy atom. The van der Waals surface area contributed by atoms with Gasteiger partial charge in [-0.25, -0.2) is 18.2 Å². The van der Waals surface area contributed by atoms with Gasteiger partial charge in [-0.15, -0.1) is 0 Å². The minimum Gasteiger partial charge on any atom is -0.410 e. The molecule has 9 heteroatoms. The van der Waals surface area contributed by atoms with Crippen LogP contribution in [0, 0.1) is 13.8 Å². The highest BCUT2D eigenvalue weighted by atomic mass is 32.2. The summed E-state index contributed by atoms with van der Waals surface area (Å²) in [6.07, 6.45) is -0.680. The van der Waals surface area contributed by atoms with Gasteiger partial charge in [0, 0.05) is 0 Å². The maximum atomic E-state index is 12.4. The molecule has 0 aliphatic rings. The molecule has 0 saturated carbocycles. The second kappa shape index (κ2) is 7.77. The first-order valence-electron chi connectivity index (χ1n) is 7.94. The topological polar surface area (TPSA) is 97.4 Å². The normalized spacial score (nSPS) is 11.0. The molecule has 7 nitrogen and oxygen atoms in total. The number of thiazole rings is 1. The molecule has 0 radical (unpaired) electrons. The number of sulfonamides is 1. The van der Waals surface area contributed by atoms with E-state index in [1.165, 1.54) is 12.1 Å². The Labute approximate surface area is 161 Å². The van der Waals surface area contributed by atoms with Crippen LogP contribution < -0.4 is 14.8 Å². The van der Waals surface area contributed by atoms with Gasteiger partial charge < -0.3 is 4.74 Å². The fourth-order valence-electron chi connectivity index (χ4n) is 2.16. The largest absolute Gasteiger partial charge is 0.417 e. The molecule has 0 fully saturated rings. The number of carbonyl (C=O) groups is 1. The van der Waals surface area contributed by atoms with E-state index in [1.807, 2.05) is 13.0 Å². The molecule has 1 heterocycles. The van der Waals surface area contributed by atoms with Crippen molar-refractivity contribution in [2.45, 2.75) is 18.7 Å². The van der Waals surface area contributed by atoms with E-state index < -0.39 is 16.1 Å². The molecule has 0 aliphatic heterocycles. The number of hydrogen-bond acceptors (Lipinski definition) is 6. The second-order valence-electron chi connectivity index (χ2n) is 5.68. The zero-order valence-corrected chi connectivity index (χ0v) is 16.2. The zero-order chi connectivity index (χ0) is 19.4. The maximum Gasteiger partial charge on any atom is 0.417 e. The van der Waals surface area contributed by atoms with Gasteiger partial charge in [0.2, 0.25) is 0 Å². The van der Waals surface area contributed by atoms with Crippen molar-refractivity contribution in [2.75, 3.05) is 10.0 Å². The lowest BCUT2D eigenvalue weighted by Gasteiger charge is -2.05. The summed E-state index contributed by atoms with van der Waals surface area (Å²) < 4.78 is 32.5.